The number of hydrogen-bond acceptors (Lipinski definition) is 3. The molecule has 0 radical (unpaired) electrons. The van der Waals surface area contributed by atoms with Crippen molar-refractivity contribution in [3.8, 4) is 0 Å². The molecule has 4 rings (SSSR count). The number of carbonyl (C=O) groups is 1. The molecule has 2 aromatic carbocycles. The fourth-order valence-corrected chi connectivity index (χ4v) is 5.74. The van der Waals surface area contributed by atoms with Crippen LogP contribution in [0.25, 0.3) is 0 Å². The Morgan fingerprint density at radius 3 is 2.04 bits per heavy atom. The molecule has 0 aromatic heterocycles. The number of rotatable bonds is 2. The van der Waals surface area contributed by atoms with Crippen LogP contribution in [0.5, 0.6) is 0 Å². The molecule has 0 saturated carbocycles. The maximum absolute atomic E-state index is 13.1. The predicted molar refractivity (Wildman–Crippen MR) is 99.5 cm³/mol. The summed E-state index contributed by atoms with van der Waals surface area (Å²) in [5.41, 5.74) is 1.23. The maximum atomic E-state index is 13.1. The summed E-state index contributed by atoms with van der Waals surface area (Å²) in [7, 11) is -3.22. The van der Waals surface area contributed by atoms with Crippen molar-refractivity contribution in [3.63, 3.8) is 0 Å². The third-order valence-electron chi connectivity index (χ3n) is 4.58. The molecule has 0 N–H and O–H groups in total. The van der Waals surface area contributed by atoms with Crippen LogP contribution in [-0.2, 0) is 9.84 Å². The molecule has 0 unspecified atom stereocenters. The number of sulfone groups is 1. The second kappa shape index (κ2) is 5.90. The zero-order valence-electron chi connectivity index (χ0n) is 13.0. The molecule has 2 aromatic rings. The average molecular weight is 397 g/mol. The molecule has 5 nitrogen and oxygen atoms in total. The van der Waals surface area contributed by atoms with E-state index in [-0.39, 0.29) is 17.5 Å². The van der Waals surface area contributed by atoms with E-state index in [0.717, 1.165) is 0 Å². The van der Waals surface area contributed by atoms with E-state index in [0.29, 0.717) is 21.4 Å². The normalized spacial score (nSPS) is 24.6. The molecular formula is C17H14Cl2N2O3S. The average Bonchev–Trinajstić information content (AvgIpc) is 3.00. The highest BCUT2D eigenvalue weighted by Crippen LogP contribution is 2.39. The Morgan fingerprint density at radius 1 is 0.840 bits per heavy atom. The molecular weight excluding hydrogens is 383 g/mol. The summed E-state index contributed by atoms with van der Waals surface area (Å²) in [5, 5.41) is 0.704. The van der Waals surface area contributed by atoms with Gasteiger partial charge in [-0.3, -0.25) is 9.80 Å². The van der Waals surface area contributed by atoms with E-state index in [9.17, 15) is 13.2 Å². The predicted octanol–water partition coefficient (Wildman–Crippen LogP) is 3.61. The van der Waals surface area contributed by atoms with E-state index < -0.39 is 21.9 Å². The van der Waals surface area contributed by atoms with Crippen LogP contribution in [0, 0.1) is 0 Å². The van der Waals surface area contributed by atoms with Crippen molar-refractivity contribution in [1.29, 1.82) is 0 Å². The third-order valence-corrected chi connectivity index (χ3v) is 7.02. The minimum Gasteiger partial charge on any atom is -0.288 e. The van der Waals surface area contributed by atoms with Crippen molar-refractivity contribution in [1.82, 2.24) is 0 Å². The highest BCUT2D eigenvalue weighted by molar-refractivity contribution is 7.91. The summed E-state index contributed by atoms with van der Waals surface area (Å²) in [6, 6.07) is 12.9. The van der Waals surface area contributed by atoms with Crippen LogP contribution >= 0.6 is 23.2 Å². The first-order chi connectivity index (χ1) is 11.9. The fourth-order valence-electron chi connectivity index (χ4n) is 3.53. The third kappa shape index (κ3) is 2.78. The number of urea groups is 1. The van der Waals surface area contributed by atoms with Crippen molar-refractivity contribution < 1.29 is 13.2 Å². The standard InChI is InChI=1S/C17H14Cl2N2O3S/c18-13-7-6-12(8-14(13)19)21-16-10-25(23,24)9-15(16)20(17(21)22)11-4-2-1-3-5-11/h1-8,15-16H,9-10H2/t15-,16-/m1/s1. The molecule has 0 bridgehead atoms. The summed E-state index contributed by atoms with van der Waals surface area (Å²) in [5.74, 6) is -0.108. The first kappa shape index (κ1) is 16.7. The summed E-state index contributed by atoms with van der Waals surface area (Å²) in [6.07, 6.45) is 0. The molecule has 0 aliphatic carbocycles. The van der Waals surface area contributed by atoms with Crippen molar-refractivity contribution in [3.05, 3.63) is 58.6 Å². The molecule has 2 aliphatic heterocycles. The van der Waals surface area contributed by atoms with Crippen LogP contribution in [-0.4, -0.2) is 38.0 Å². The van der Waals surface area contributed by atoms with E-state index in [1.54, 1.807) is 35.2 Å². The lowest BCUT2D eigenvalue weighted by Crippen LogP contribution is -2.37. The van der Waals surface area contributed by atoms with Gasteiger partial charge in [0.1, 0.15) is 0 Å². The zero-order valence-corrected chi connectivity index (χ0v) is 15.3. The Balaban J connectivity index is 1.82. The Kier molecular flexibility index (Phi) is 3.94. The highest BCUT2D eigenvalue weighted by Gasteiger charge is 2.54. The van der Waals surface area contributed by atoms with Gasteiger partial charge in [-0.1, -0.05) is 41.4 Å². The van der Waals surface area contributed by atoms with Gasteiger partial charge in [-0.25, -0.2) is 13.2 Å². The lowest BCUT2D eigenvalue weighted by molar-refractivity contribution is 0.255. The SMILES string of the molecule is O=C1N(c2ccccc2)[C@@H]2CS(=O)(=O)C[C@H]2N1c1ccc(Cl)c(Cl)c1. The number of carbonyl (C=O) groups excluding carboxylic acids is 1. The van der Waals surface area contributed by atoms with Gasteiger partial charge in [-0.15, -0.1) is 0 Å². The first-order valence-corrected chi connectivity index (χ1v) is 10.3. The Morgan fingerprint density at radius 2 is 1.44 bits per heavy atom. The van der Waals surface area contributed by atoms with Crippen LogP contribution < -0.4 is 9.80 Å². The van der Waals surface area contributed by atoms with Crippen LogP contribution in [0.1, 0.15) is 0 Å². The van der Waals surface area contributed by atoms with Crippen molar-refractivity contribution in [2.75, 3.05) is 21.3 Å². The van der Waals surface area contributed by atoms with E-state index in [4.69, 9.17) is 23.2 Å². The lowest BCUT2D eigenvalue weighted by Gasteiger charge is -2.23. The number of hydrogen-bond donors (Lipinski definition) is 0. The second-order valence-corrected chi connectivity index (χ2v) is 9.14. The maximum Gasteiger partial charge on any atom is 0.329 e. The zero-order chi connectivity index (χ0) is 17.8. The topological polar surface area (TPSA) is 57.7 Å². The van der Waals surface area contributed by atoms with E-state index in [1.807, 2.05) is 18.2 Å². The van der Waals surface area contributed by atoms with Gasteiger partial charge in [0.2, 0.25) is 0 Å². The van der Waals surface area contributed by atoms with Gasteiger partial charge in [0.05, 0.1) is 33.6 Å². The van der Waals surface area contributed by atoms with Crippen LogP contribution in [0.2, 0.25) is 10.0 Å². The molecule has 0 spiro atoms. The Bertz CT molecular complexity index is 950. The van der Waals surface area contributed by atoms with E-state index in [2.05, 4.69) is 0 Å². The van der Waals surface area contributed by atoms with Gasteiger partial charge in [0, 0.05) is 11.4 Å². The van der Waals surface area contributed by atoms with E-state index in [1.165, 1.54) is 4.90 Å². The number of benzene rings is 2. The lowest BCUT2D eigenvalue weighted by atomic mass is 10.1. The minimum atomic E-state index is -3.22. The molecule has 130 valence electrons. The van der Waals surface area contributed by atoms with Crippen molar-refractivity contribution in [2.45, 2.75) is 12.1 Å². The summed E-state index contributed by atoms with van der Waals surface area (Å²) in [6.45, 7) is 0. The number of fused-ring (bicyclic) bond motifs is 1. The van der Waals surface area contributed by atoms with Gasteiger partial charge >= 0.3 is 6.03 Å². The summed E-state index contributed by atoms with van der Waals surface area (Å²) in [4.78, 5) is 16.2. The van der Waals surface area contributed by atoms with Crippen LogP contribution in [0.15, 0.2) is 48.5 Å². The minimum absolute atomic E-state index is 0.0455. The molecule has 2 amide bonds. The Hall–Kier alpha value is -1.76. The quantitative estimate of drug-likeness (QED) is 0.728. The highest BCUT2D eigenvalue weighted by atomic mass is 35.5. The number of nitrogens with zero attached hydrogens (tertiary/aromatic N) is 2. The smallest absolute Gasteiger partial charge is 0.288 e. The molecule has 8 heteroatoms. The monoisotopic (exact) mass is 396 g/mol. The largest absolute Gasteiger partial charge is 0.329 e. The Labute approximate surface area is 155 Å². The van der Waals surface area contributed by atoms with Gasteiger partial charge in [-0.05, 0) is 30.3 Å². The summed E-state index contributed by atoms with van der Waals surface area (Å²) < 4.78 is 24.4. The summed E-state index contributed by atoms with van der Waals surface area (Å²) >= 11 is 12.1. The molecule has 2 saturated heterocycles. The van der Waals surface area contributed by atoms with Crippen molar-refractivity contribution >= 4 is 50.4 Å². The number of amides is 2. The van der Waals surface area contributed by atoms with Crippen LogP contribution in [0.3, 0.4) is 0 Å². The number of halogens is 2. The molecule has 2 heterocycles. The fraction of sp³-hybridized carbons (Fsp3) is 0.235. The second-order valence-electron chi connectivity index (χ2n) is 6.17. The molecule has 2 aliphatic rings. The molecule has 2 atom stereocenters. The van der Waals surface area contributed by atoms with Gasteiger partial charge in [0.15, 0.2) is 9.84 Å². The van der Waals surface area contributed by atoms with Gasteiger partial charge < -0.3 is 0 Å². The van der Waals surface area contributed by atoms with Gasteiger partial charge in [0.25, 0.3) is 0 Å². The van der Waals surface area contributed by atoms with Gasteiger partial charge in [-0.2, -0.15) is 0 Å². The van der Waals surface area contributed by atoms with Crippen molar-refractivity contribution in [2.24, 2.45) is 0 Å². The molecule has 2 fully saturated rings. The first-order valence-electron chi connectivity index (χ1n) is 7.70. The number of para-hydroxylation sites is 1. The number of anilines is 2. The molecule has 25 heavy (non-hydrogen) atoms. The van der Waals surface area contributed by atoms with Crippen LogP contribution in [0.4, 0.5) is 16.2 Å². The van der Waals surface area contributed by atoms with E-state index >= 15 is 0 Å².